The molecule has 30 heavy (non-hydrogen) atoms. The van der Waals surface area contributed by atoms with Crippen LogP contribution < -0.4 is 10.5 Å². The Bertz CT molecular complexity index is 973. The molecule has 0 spiro atoms. The van der Waals surface area contributed by atoms with Crippen molar-refractivity contribution in [3.8, 4) is 5.88 Å². The molecule has 3 rings (SSSR count). The Labute approximate surface area is 175 Å². The number of carbonyl (C=O) groups excluding carboxylic acids is 2. The molecule has 0 saturated heterocycles. The topological polar surface area (TPSA) is 124 Å². The molecule has 1 aliphatic rings. The van der Waals surface area contributed by atoms with E-state index in [0.717, 1.165) is 36.9 Å². The van der Waals surface area contributed by atoms with Crippen molar-refractivity contribution < 1.29 is 24.2 Å². The molecule has 0 bridgehead atoms. The highest BCUT2D eigenvalue weighted by Crippen LogP contribution is 2.35. The van der Waals surface area contributed by atoms with Gasteiger partial charge in [0.05, 0.1) is 11.3 Å². The van der Waals surface area contributed by atoms with Crippen molar-refractivity contribution in [1.82, 2.24) is 9.38 Å². The zero-order valence-corrected chi connectivity index (χ0v) is 17.6. The Kier molecular flexibility index (Phi) is 6.74. The van der Waals surface area contributed by atoms with Gasteiger partial charge in [-0.15, -0.1) is 0 Å². The Morgan fingerprint density at radius 1 is 1.27 bits per heavy atom. The second-order valence-corrected chi connectivity index (χ2v) is 8.04. The minimum atomic E-state index is -1.15. The zero-order chi connectivity index (χ0) is 21.8. The monoisotopic (exact) mass is 415 g/mol. The number of nitrogens with two attached hydrogens (primary N) is 1. The predicted octanol–water partition coefficient (Wildman–Crippen LogP) is 2.85. The SMILES string of the molecule is CCCc1c(C(=O)C(N)=O)c2c(OCC(=O)O)nc(C)cn2c1CC1CCCCC1. The second kappa shape index (κ2) is 9.28. The van der Waals surface area contributed by atoms with E-state index in [9.17, 15) is 14.4 Å². The Morgan fingerprint density at radius 3 is 2.57 bits per heavy atom. The van der Waals surface area contributed by atoms with E-state index < -0.39 is 24.3 Å². The number of carboxylic acids is 1. The summed E-state index contributed by atoms with van der Waals surface area (Å²) in [7, 11) is 0. The lowest BCUT2D eigenvalue weighted by Crippen LogP contribution is -2.24. The van der Waals surface area contributed by atoms with Gasteiger partial charge in [0.1, 0.15) is 5.52 Å². The van der Waals surface area contributed by atoms with Gasteiger partial charge in [0.15, 0.2) is 6.61 Å². The van der Waals surface area contributed by atoms with Gasteiger partial charge in [0.25, 0.3) is 11.7 Å². The van der Waals surface area contributed by atoms with Crippen molar-refractivity contribution in [3.63, 3.8) is 0 Å². The molecule has 0 atom stereocenters. The van der Waals surface area contributed by atoms with Crippen LogP contribution in [0.4, 0.5) is 0 Å². The summed E-state index contributed by atoms with van der Waals surface area (Å²) in [6, 6.07) is 0. The number of primary amides is 1. The summed E-state index contributed by atoms with van der Waals surface area (Å²) in [5.41, 5.74) is 8.28. The average molecular weight is 415 g/mol. The molecule has 162 valence electrons. The normalized spacial score (nSPS) is 14.7. The highest BCUT2D eigenvalue weighted by atomic mass is 16.5. The quantitative estimate of drug-likeness (QED) is 0.479. The molecule has 8 heteroatoms. The van der Waals surface area contributed by atoms with Crippen LogP contribution in [0.1, 0.15) is 72.8 Å². The van der Waals surface area contributed by atoms with Crippen molar-refractivity contribution in [1.29, 1.82) is 0 Å². The zero-order valence-electron chi connectivity index (χ0n) is 17.6. The molecule has 1 saturated carbocycles. The number of Topliss-reactive ketones (excluding diaryl/α,β-unsaturated/α-hetero) is 1. The number of amides is 1. The first-order valence-corrected chi connectivity index (χ1v) is 10.6. The van der Waals surface area contributed by atoms with Crippen molar-refractivity contribution >= 4 is 23.2 Å². The van der Waals surface area contributed by atoms with Crippen LogP contribution in [0, 0.1) is 12.8 Å². The molecule has 2 aromatic rings. The molecule has 8 nitrogen and oxygen atoms in total. The number of nitrogens with zero attached hydrogens (tertiary/aromatic N) is 2. The lowest BCUT2D eigenvalue weighted by Gasteiger charge is -2.22. The lowest BCUT2D eigenvalue weighted by molar-refractivity contribution is -0.139. The minimum Gasteiger partial charge on any atom is -0.479 e. The Hall–Kier alpha value is -2.90. The molecule has 1 fully saturated rings. The van der Waals surface area contributed by atoms with E-state index in [4.69, 9.17) is 15.6 Å². The first-order valence-electron chi connectivity index (χ1n) is 10.6. The van der Waals surface area contributed by atoms with E-state index in [2.05, 4.69) is 4.98 Å². The smallest absolute Gasteiger partial charge is 0.341 e. The number of carbonyl (C=O) groups is 3. The number of aromatic nitrogens is 2. The van der Waals surface area contributed by atoms with Gasteiger partial charge >= 0.3 is 5.97 Å². The fourth-order valence-electron chi connectivity index (χ4n) is 4.47. The number of ketones is 1. The first-order chi connectivity index (χ1) is 14.3. The van der Waals surface area contributed by atoms with Gasteiger partial charge in [-0.1, -0.05) is 45.4 Å². The molecular weight excluding hydrogens is 386 g/mol. The van der Waals surface area contributed by atoms with E-state index in [1.54, 1.807) is 6.92 Å². The van der Waals surface area contributed by atoms with Crippen LogP contribution in [0.25, 0.3) is 5.52 Å². The van der Waals surface area contributed by atoms with Crippen molar-refractivity contribution in [3.05, 3.63) is 28.7 Å². The number of fused-ring (bicyclic) bond motifs is 1. The number of carboxylic acid groups (broad SMARTS) is 1. The van der Waals surface area contributed by atoms with Gasteiger partial charge in [-0.2, -0.15) is 0 Å². The number of rotatable bonds is 9. The molecule has 3 N–H and O–H groups in total. The summed E-state index contributed by atoms with van der Waals surface area (Å²) in [4.78, 5) is 40.1. The van der Waals surface area contributed by atoms with Crippen molar-refractivity contribution in [2.45, 2.75) is 65.2 Å². The molecule has 1 amide bonds. The van der Waals surface area contributed by atoms with Gasteiger partial charge in [0, 0.05) is 11.9 Å². The van der Waals surface area contributed by atoms with Gasteiger partial charge in [-0.3, -0.25) is 9.59 Å². The van der Waals surface area contributed by atoms with E-state index in [1.807, 2.05) is 17.5 Å². The molecule has 2 heterocycles. The molecule has 0 aliphatic heterocycles. The van der Waals surface area contributed by atoms with Gasteiger partial charge in [-0.05, 0) is 31.2 Å². The maximum atomic E-state index is 12.8. The Balaban J connectivity index is 2.26. The number of aryl methyl sites for hydroxylation is 1. The standard InChI is InChI=1S/C22H29N3O5/c1-3-7-15-16(10-14-8-5-4-6-9-14)25-11-13(2)24-22(30-12-17(26)27)19(25)18(15)20(28)21(23)29/h11,14H,3-10,12H2,1-2H3,(H2,23,29)(H,26,27). The van der Waals surface area contributed by atoms with Gasteiger partial charge in [0.2, 0.25) is 5.88 Å². The van der Waals surface area contributed by atoms with E-state index >= 15 is 0 Å². The average Bonchev–Trinajstić information content (AvgIpc) is 2.99. The summed E-state index contributed by atoms with van der Waals surface area (Å²) in [6.45, 7) is 3.20. The van der Waals surface area contributed by atoms with Crippen LogP contribution in [-0.2, 0) is 22.4 Å². The third-order valence-corrected chi connectivity index (χ3v) is 5.71. The maximum absolute atomic E-state index is 12.8. The summed E-state index contributed by atoms with van der Waals surface area (Å²) in [5, 5.41) is 9.04. The Morgan fingerprint density at radius 2 is 1.97 bits per heavy atom. The third kappa shape index (κ3) is 4.47. The van der Waals surface area contributed by atoms with Crippen molar-refractivity contribution in [2.24, 2.45) is 11.7 Å². The van der Waals surface area contributed by atoms with Gasteiger partial charge in [-0.25, -0.2) is 9.78 Å². The fourth-order valence-corrected chi connectivity index (χ4v) is 4.47. The van der Waals surface area contributed by atoms with Gasteiger partial charge < -0.3 is 20.0 Å². The lowest BCUT2D eigenvalue weighted by atomic mass is 9.85. The first kappa shape index (κ1) is 21.8. The number of ether oxygens (including phenoxy) is 1. The van der Waals surface area contributed by atoms with E-state index in [1.165, 1.54) is 19.3 Å². The molecule has 0 radical (unpaired) electrons. The third-order valence-electron chi connectivity index (χ3n) is 5.71. The van der Waals surface area contributed by atoms with Crippen LogP contribution in [0.5, 0.6) is 5.88 Å². The van der Waals surface area contributed by atoms with Crippen LogP contribution in [-0.4, -0.2) is 38.8 Å². The second-order valence-electron chi connectivity index (χ2n) is 8.04. The molecule has 2 aromatic heterocycles. The fraction of sp³-hybridized carbons (Fsp3) is 0.545. The minimum absolute atomic E-state index is 0.0363. The molecule has 0 unspecified atom stereocenters. The summed E-state index contributed by atoms with van der Waals surface area (Å²) >= 11 is 0. The van der Waals surface area contributed by atoms with E-state index in [0.29, 0.717) is 23.5 Å². The number of hydrogen-bond donors (Lipinski definition) is 2. The highest BCUT2D eigenvalue weighted by Gasteiger charge is 2.30. The highest BCUT2D eigenvalue weighted by molar-refractivity contribution is 6.44. The largest absolute Gasteiger partial charge is 0.479 e. The van der Waals surface area contributed by atoms with Crippen LogP contribution >= 0.6 is 0 Å². The maximum Gasteiger partial charge on any atom is 0.341 e. The molecule has 1 aliphatic carbocycles. The van der Waals surface area contributed by atoms with Crippen LogP contribution in [0.15, 0.2) is 6.20 Å². The summed E-state index contributed by atoms with van der Waals surface area (Å²) in [5.74, 6) is -2.46. The summed E-state index contributed by atoms with van der Waals surface area (Å²) < 4.78 is 7.30. The summed E-state index contributed by atoms with van der Waals surface area (Å²) in [6.07, 6.45) is 9.88. The van der Waals surface area contributed by atoms with Crippen LogP contribution in [0.2, 0.25) is 0 Å². The van der Waals surface area contributed by atoms with Crippen LogP contribution in [0.3, 0.4) is 0 Å². The number of hydrogen-bond acceptors (Lipinski definition) is 5. The predicted molar refractivity (Wildman–Crippen MR) is 111 cm³/mol. The number of aliphatic carboxylic acids is 1. The molecule has 0 aromatic carbocycles. The van der Waals surface area contributed by atoms with Crippen molar-refractivity contribution in [2.75, 3.05) is 6.61 Å². The molecular formula is C22H29N3O5. The van der Waals surface area contributed by atoms with E-state index in [-0.39, 0.29) is 11.4 Å².